The molecule has 3 rings (SSSR count). The van der Waals surface area contributed by atoms with Crippen LogP contribution < -0.4 is 0 Å². The Kier molecular flexibility index (Phi) is 6.26. The summed E-state index contributed by atoms with van der Waals surface area (Å²) in [5.74, 6) is 2.09. The normalized spacial score (nSPS) is 14.8. The fourth-order valence-corrected chi connectivity index (χ4v) is 3.01. The smallest absolute Gasteiger partial charge is 0.238 e. The average molecular weight is 374 g/mol. The van der Waals surface area contributed by atoms with Crippen LogP contribution in [-0.2, 0) is 16.0 Å². The van der Waals surface area contributed by atoms with Gasteiger partial charge < -0.3 is 18.7 Å². The van der Waals surface area contributed by atoms with E-state index in [-0.39, 0.29) is 11.8 Å². The molecule has 1 saturated heterocycles. The van der Waals surface area contributed by atoms with Crippen LogP contribution in [0.25, 0.3) is 11.6 Å². The number of amides is 2. The third-order valence-electron chi connectivity index (χ3n) is 4.68. The highest BCUT2D eigenvalue weighted by Gasteiger charge is 2.24. The summed E-state index contributed by atoms with van der Waals surface area (Å²) in [6.45, 7) is 6.59. The van der Waals surface area contributed by atoms with Crippen molar-refractivity contribution in [1.82, 2.24) is 19.9 Å². The van der Waals surface area contributed by atoms with Crippen LogP contribution in [0, 0.1) is 5.92 Å². The van der Waals surface area contributed by atoms with E-state index in [2.05, 4.69) is 24.0 Å². The van der Waals surface area contributed by atoms with Gasteiger partial charge in [-0.15, -0.1) is 0 Å². The topological polar surface area (TPSA) is 92.7 Å². The van der Waals surface area contributed by atoms with E-state index in [1.165, 1.54) is 0 Å². The Labute approximate surface area is 158 Å². The van der Waals surface area contributed by atoms with Gasteiger partial charge in [-0.05, 0) is 24.5 Å². The summed E-state index contributed by atoms with van der Waals surface area (Å²) in [4.78, 5) is 32.5. The minimum absolute atomic E-state index is 0.0435. The first kappa shape index (κ1) is 19.1. The summed E-state index contributed by atoms with van der Waals surface area (Å²) in [7, 11) is 0. The lowest BCUT2D eigenvalue weighted by atomic mass is 10.1. The molecule has 0 unspecified atom stereocenters. The Morgan fingerprint density at radius 1 is 1.11 bits per heavy atom. The Bertz CT molecular complexity index is 746. The van der Waals surface area contributed by atoms with Crippen molar-refractivity contribution in [2.75, 3.05) is 26.2 Å². The molecule has 0 aromatic carbocycles. The lowest BCUT2D eigenvalue weighted by Crippen LogP contribution is -2.50. The zero-order valence-electron chi connectivity index (χ0n) is 15.9. The molecule has 8 heteroatoms. The molecule has 2 amide bonds. The number of hydrogen-bond donors (Lipinski definition) is 0. The lowest BCUT2D eigenvalue weighted by molar-refractivity contribution is -0.139. The molecule has 1 fully saturated rings. The molecular weight excluding hydrogens is 348 g/mol. The first-order valence-electron chi connectivity index (χ1n) is 9.45. The predicted octanol–water partition coefficient (Wildman–Crippen LogP) is 2.37. The second-order valence-electron chi connectivity index (χ2n) is 7.18. The van der Waals surface area contributed by atoms with Gasteiger partial charge >= 0.3 is 0 Å². The van der Waals surface area contributed by atoms with Crippen LogP contribution >= 0.6 is 0 Å². The van der Waals surface area contributed by atoms with Crippen LogP contribution in [0.15, 0.2) is 27.3 Å². The van der Waals surface area contributed by atoms with Crippen molar-refractivity contribution in [3.8, 4) is 11.6 Å². The van der Waals surface area contributed by atoms with Gasteiger partial charge in [0, 0.05) is 45.4 Å². The van der Waals surface area contributed by atoms with E-state index in [0.717, 1.165) is 6.42 Å². The van der Waals surface area contributed by atoms with E-state index in [1.807, 2.05) is 4.90 Å². The zero-order chi connectivity index (χ0) is 19.2. The van der Waals surface area contributed by atoms with Crippen LogP contribution in [0.1, 0.15) is 39.0 Å². The summed E-state index contributed by atoms with van der Waals surface area (Å²) in [6.07, 6.45) is 3.73. The average Bonchev–Trinajstić information content (AvgIpc) is 3.35. The SMILES string of the molecule is CC(C)CCC(=O)N1CCN(C(=O)CCc2nc(-c3ccco3)no2)CC1. The molecule has 0 spiro atoms. The molecule has 3 heterocycles. The molecule has 1 aliphatic heterocycles. The van der Waals surface area contributed by atoms with Gasteiger partial charge in [0.15, 0.2) is 5.76 Å². The van der Waals surface area contributed by atoms with Crippen molar-refractivity contribution >= 4 is 11.8 Å². The quantitative estimate of drug-likeness (QED) is 0.739. The Morgan fingerprint density at radius 3 is 2.37 bits per heavy atom. The number of carbonyl (C=O) groups is 2. The summed E-state index contributed by atoms with van der Waals surface area (Å²) in [5, 5.41) is 3.86. The number of aryl methyl sites for hydroxylation is 1. The van der Waals surface area contributed by atoms with Gasteiger partial charge in [0.1, 0.15) is 0 Å². The number of aromatic nitrogens is 2. The maximum Gasteiger partial charge on any atom is 0.238 e. The third-order valence-corrected chi connectivity index (χ3v) is 4.68. The van der Waals surface area contributed by atoms with Gasteiger partial charge in [-0.25, -0.2) is 0 Å². The number of piperazine rings is 1. The van der Waals surface area contributed by atoms with Crippen LogP contribution in [-0.4, -0.2) is 57.9 Å². The van der Waals surface area contributed by atoms with E-state index in [9.17, 15) is 9.59 Å². The fraction of sp³-hybridized carbons (Fsp3) is 0.579. The van der Waals surface area contributed by atoms with Gasteiger partial charge in [-0.2, -0.15) is 4.98 Å². The van der Waals surface area contributed by atoms with Crippen molar-refractivity contribution in [3.05, 3.63) is 24.3 Å². The molecule has 146 valence electrons. The minimum Gasteiger partial charge on any atom is -0.461 e. The van der Waals surface area contributed by atoms with Crippen LogP contribution in [0.3, 0.4) is 0 Å². The summed E-state index contributed by atoms with van der Waals surface area (Å²) in [6, 6.07) is 3.50. The Morgan fingerprint density at radius 2 is 1.78 bits per heavy atom. The summed E-state index contributed by atoms with van der Waals surface area (Å²) in [5.41, 5.74) is 0. The van der Waals surface area contributed by atoms with Gasteiger partial charge in [0.05, 0.1) is 6.26 Å². The fourth-order valence-electron chi connectivity index (χ4n) is 3.01. The largest absolute Gasteiger partial charge is 0.461 e. The van der Waals surface area contributed by atoms with Gasteiger partial charge in [-0.1, -0.05) is 19.0 Å². The third kappa shape index (κ3) is 5.18. The van der Waals surface area contributed by atoms with E-state index in [0.29, 0.717) is 68.8 Å². The molecule has 0 bridgehead atoms. The van der Waals surface area contributed by atoms with Gasteiger partial charge in [-0.3, -0.25) is 9.59 Å². The molecule has 0 N–H and O–H groups in total. The van der Waals surface area contributed by atoms with Crippen molar-refractivity contribution in [3.63, 3.8) is 0 Å². The van der Waals surface area contributed by atoms with Gasteiger partial charge in [0.2, 0.25) is 23.5 Å². The maximum atomic E-state index is 12.4. The number of furan rings is 1. The monoisotopic (exact) mass is 374 g/mol. The lowest BCUT2D eigenvalue weighted by Gasteiger charge is -2.35. The second kappa shape index (κ2) is 8.83. The standard InChI is InChI=1S/C19H26N4O4/c1-14(2)5-7-17(24)22-9-11-23(12-10-22)18(25)8-6-16-20-19(21-27-16)15-4-3-13-26-15/h3-4,13-14H,5-12H2,1-2H3. The number of hydrogen-bond acceptors (Lipinski definition) is 6. The molecule has 0 saturated carbocycles. The molecule has 0 atom stereocenters. The first-order chi connectivity index (χ1) is 13.0. The van der Waals surface area contributed by atoms with Crippen LogP contribution in [0.2, 0.25) is 0 Å². The molecule has 8 nitrogen and oxygen atoms in total. The molecule has 27 heavy (non-hydrogen) atoms. The number of rotatable bonds is 7. The highest BCUT2D eigenvalue weighted by molar-refractivity contribution is 5.78. The second-order valence-corrected chi connectivity index (χ2v) is 7.18. The van der Waals surface area contributed by atoms with Crippen LogP contribution in [0.5, 0.6) is 0 Å². The molecule has 2 aromatic heterocycles. The zero-order valence-corrected chi connectivity index (χ0v) is 15.9. The van der Waals surface area contributed by atoms with E-state index < -0.39 is 0 Å². The van der Waals surface area contributed by atoms with E-state index in [1.54, 1.807) is 23.3 Å². The number of nitrogens with zero attached hydrogens (tertiary/aromatic N) is 4. The van der Waals surface area contributed by atoms with Gasteiger partial charge in [0.25, 0.3) is 0 Å². The highest BCUT2D eigenvalue weighted by atomic mass is 16.5. The molecule has 0 aliphatic carbocycles. The number of carbonyl (C=O) groups excluding carboxylic acids is 2. The van der Waals surface area contributed by atoms with Crippen molar-refractivity contribution in [1.29, 1.82) is 0 Å². The Hall–Kier alpha value is -2.64. The summed E-state index contributed by atoms with van der Waals surface area (Å²) < 4.78 is 10.4. The van der Waals surface area contributed by atoms with E-state index in [4.69, 9.17) is 8.94 Å². The van der Waals surface area contributed by atoms with Crippen molar-refractivity contribution in [2.24, 2.45) is 5.92 Å². The van der Waals surface area contributed by atoms with Crippen LogP contribution in [0.4, 0.5) is 0 Å². The molecule has 2 aromatic rings. The highest BCUT2D eigenvalue weighted by Crippen LogP contribution is 2.17. The predicted molar refractivity (Wildman–Crippen MR) is 97.6 cm³/mol. The summed E-state index contributed by atoms with van der Waals surface area (Å²) >= 11 is 0. The van der Waals surface area contributed by atoms with Crippen molar-refractivity contribution < 1.29 is 18.5 Å². The Balaban J connectivity index is 1.41. The molecular formula is C19H26N4O4. The molecule has 0 radical (unpaired) electrons. The molecule has 1 aliphatic rings. The first-order valence-corrected chi connectivity index (χ1v) is 9.45. The minimum atomic E-state index is 0.0435. The van der Waals surface area contributed by atoms with E-state index >= 15 is 0 Å². The van der Waals surface area contributed by atoms with Crippen molar-refractivity contribution in [2.45, 2.75) is 39.5 Å². The maximum absolute atomic E-state index is 12.4.